The molecular weight excluding hydrogens is 375 g/mol. The van der Waals surface area contributed by atoms with Crippen molar-refractivity contribution in [3.8, 4) is 0 Å². The summed E-state index contributed by atoms with van der Waals surface area (Å²) in [4.78, 5) is 36.2. The molecule has 9 heteroatoms. The second-order valence-corrected chi connectivity index (χ2v) is 9.65. The minimum Gasteiger partial charge on any atom is -0.456 e. The van der Waals surface area contributed by atoms with E-state index in [0.717, 1.165) is 12.8 Å². The van der Waals surface area contributed by atoms with E-state index >= 15 is 0 Å². The molecule has 8 nitrogen and oxygen atoms in total. The van der Waals surface area contributed by atoms with Crippen molar-refractivity contribution >= 4 is 24.9 Å². The van der Waals surface area contributed by atoms with Crippen LogP contribution < -0.4 is 11.1 Å². The average molecular weight is 410 g/mol. The smallest absolute Gasteiger partial charge is 0.456 e. The number of amides is 2. The van der Waals surface area contributed by atoms with Crippen LogP contribution in [0.4, 0.5) is 0 Å². The molecule has 1 aliphatic heterocycles. The van der Waals surface area contributed by atoms with E-state index in [0.29, 0.717) is 19.2 Å². The number of ether oxygens (including phenoxy) is 1. The lowest BCUT2D eigenvalue weighted by Gasteiger charge is -2.51. The Morgan fingerprint density at radius 3 is 2.10 bits per heavy atom. The first-order valence-electron chi connectivity index (χ1n) is 10.3. The minimum atomic E-state index is -1.46. The summed E-state index contributed by atoms with van der Waals surface area (Å²) in [6, 6.07) is 0. The molecule has 2 rings (SSSR count). The number of carbonyl (C=O) groups excluding carboxylic acids is 3. The molecule has 0 aromatic carbocycles. The summed E-state index contributed by atoms with van der Waals surface area (Å²) in [5, 5.41) is 2.72. The van der Waals surface area contributed by atoms with Crippen LogP contribution in [-0.4, -0.2) is 47.2 Å². The summed E-state index contributed by atoms with van der Waals surface area (Å²) in [5.74, 6) is -1.51. The molecule has 2 fully saturated rings. The summed E-state index contributed by atoms with van der Waals surface area (Å²) < 4.78 is 17.7. The van der Waals surface area contributed by atoms with Crippen LogP contribution in [0.3, 0.4) is 0 Å². The van der Waals surface area contributed by atoms with Gasteiger partial charge >= 0.3 is 13.1 Å². The second kappa shape index (κ2) is 7.91. The van der Waals surface area contributed by atoms with Gasteiger partial charge in [-0.1, -0.05) is 6.42 Å². The molecule has 1 heterocycles. The van der Waals surface area contributed by atoms with Crippen molar-refractivity contribution in [3.63, 3.8) is 0 Å². The zero-order chi connectivity index (χ0) is 22.3. The SMILES string of the molecule is CC(=O)NC1(C(N)=O)CC(CCB2OC(C)(C)C(C)(C)O2)CCC1(C)OC(C)=O. The molecule has 3 unspecified atom stereocenters. The van der Waals surface area contributed by atoms with E-state index in [1.165, 1.54) is 13.8 Å². The molecule has 1 aliphatic carbocycles. The van der Waals surface area contributed by atoms with Crippen LogP contribution in [-0.2, 0) is 28.4 Å². The Morgan fingerprint density at radius 2 is 1.66 bits per heavy atom. The van der Waals surface area contributed by atoms with Gasteiger partial charge in [0, 0.05) is 13.8 Å². The highest BCUT2D eigenvalue weighted by Crippen LogP contribution is 2.45. The predicted molar refractivity (Wildman–Crippen MR) is 109 cm³/mol. The quantitative estimate of drug-likeness (QED) is 0.511. The molecule has 164 valence electrons. The lowest BCUT2D eigenvalue weighted by Crippen LogP contribution is -2.72. The number of rotatable bonds is 6. The van der Waals surface area contributed by atoms with Gasteiger partial charge < -0.3 is 25.1 Å². The first-order chi connectivity index (χ1) is 13.1. The van der Waals surface area contributed by atoms with E-state index in [1.54, 1.807) is 6.92 Å². The van der Waals surface area contributed by atoms with Crippen LogP contribution >= 0.6 is 0 Å². The Balaban J connectivity index is 2.16. The second-order valence-electron chi connectivity index (χ2n) is 9.65. The maximum absolute atomic E-state index is 12.6. The van der Waals surface area contributed by atoms with E-state index in [-0.39, 0.29) is 13.0 Å². The van der Waals surface area contributed by atoms with E-state index in [1.807, 2.05) is 27.7 Å². The molecule has 1 saturated heterocycles. The molecule has 3 N–H and O–H groups in total. The number of hydrogen-bond acceptors (Lipinski definition) is 6. The molecule has 3 atom stereocenters. The van der Waals surface area contributed by atoms with Gasteiger partial charge in [0.1, 0.15) is 5.60 Å². The topological polar surface area (TPSA) is 117 Å². The monoisotopic (exact) mass is 410 g/mol. The first kappa shape index (κ1) is 23.7. The van der Waals surface area contributed by atoms with E-state index in [4.69, 9.17) is 19.8 Å². The number of nitrogens with one attached hydrogen (secondary N) is 1. The molecule has 0 spiro atoms. The van der Waals surface area contributed by atoms with E-state index in [9.17, 15) is 14.4 Å². The molecule has 1 saturated carbocycles. The Hall–Kier alpha value is -1.61. The highest BCUT2D eigenvalue weighted by Gasteiger charge is 2.59. The third-order valence-electron chi connectivity index (χ3n) is 6.82. The molecule has 0 aromatic heterocycles. The summed E-state index contributed by atoms with van der Waals surface area (Å²) in [6.45, 7) is 12.3. The van der Waals surface area contributed by atoms with Crippen molar-refractivity contribution in [2.75, 3.05) is 0 Å². The van der Waals surface area contributed by atoms with Gasteiger partial charge in [-0.05, 0) is 66.1 Å². The molecular formula is C20H35BN2O6. The van der Waals surface area contributed by atoms with Gasteiger partial charge in [0.2, 0.25) is 11.8 Å². The number of nitrogens with two attached hydrogens (primary N) is 1. The van der Waals surface area contributed by atoms with Gasteiger partial charge in [-0.3, -0.25) is 14.4 Å². The average Bonchev–Trinajstić information content (AvgIpc) is 2.74. The van der Waals surface area contributed by atoms with Crippen molar-refractivity contribution in [3.05, 3.63) is 0 Å². The largest absolute Gasteiger partial charge is 0.457 e. The summed E-state index contributed by atoms with van der Waals surface area (Å²) >= 11 is 0. The number of esters is 1. The lowest BCUT2D eigenvalue weighted by atomic mass is 9.63. The van der Waals surface area contributed by atoms with Crippen LogP contribution in [0, 0.1) is 5.92 Å². The van der Waals surface area contributed by atoms with E-state index < -0.39 is 40.1 Å². The third-order valence-corrected chi connectivity index (χ3v) is 6.82. The van der Waals surface area contributed by atoms with Gasteiger partial charge in [-0.25, -0.2) is 0 Å². The summed E-state index contributed by atoms with van der Waals surface area (Å²) in [5.41, 5.74) is 2.31. The van der Waals surface area contributed by atoms with Crippen LogP contribution in [0.15, 0.2) is 0 Å². The van der Waals surface area contributed by atoms with Crippen molar-refractivity contribution in [2.45, 2.75) is 103 Å². The van der Waals surface area contributed by atoms with Crippen LogP contribution in [0.5, 0.6) is 0 Å². The van der Waals surface area contributed by atoms with Gasteiger partial charge in [0.05, 0.1) is 11.2 Å². The molecule has 0 aromatic rings. The summed E-state index contributed by atoms with van der Waals surface area (Å²) in [6.07, 6.45) is 2.85. The van der Waals surface area contributed by atoms with Crippen molar-refractivity contribution in [1.82, 2.24) is 5.32 Å². The lowest BCUT2D eigenvalue weighted by molar-refractivity contribution is -0.178. The van der Waals surface area contributed by atoms with Crippen LogP contribution in [0.25, 0.3) is 0 Å². The van der Waals surface area contributed by atoms with Crippen molar-refractivity contribution < 1.29 is 28.4 Å². The fourth-order valence-corrected chi connectivity index (χ4v) is 4.51. The third kappa shape index (κ3) is 4.61. The van der Waals surface area contributed by atoms with Crippen LogP contribution in [0.1, 0.15) is 74.1 Å². The van der Waals surface area contributed by atoms with Gasteiger partial charge in [0.15, 0.2) is 5.54 Å². The highest BCUT2D eigenvalue weighted by molar-refractivity contribution is 6.45. The predicted octanol–water partition coefficient (Wildman–Crippen LogP) is 1.95. The highest BCUT2D eigenvalue weighted by atomic mass is 16.7. The molecule has 2 aliphatic rings. The fourth-order valence-electron chi connectivity index (χ4n) is 4.51. The van der Waals surface area contributed by atoms with Gasteiger partial charge in [0.25, 0.3) is 0 Å². The molecule has 2 amide bonds. The number of hydrogen-bond donors (Lipinski definition) is 2. The number of primary amides is 1. The van der Waals surface area contributed by atoms with Gasteiger partial charge in [-0.15, -0.1) is 0 Å². The van der Waals surface area contributed by atoms with Crippen LogP contribution in [0.2, 0.25) is 6.32 Å². The number of carbonyl (C=O) groups is 3. The zero-order valence-electron chi connectivity index (χ0n) is 18.7. The Labute approximate surface area is 173 Å². The fraction of sp³-hybridized carbons (Fsp3) is 0.850. The maximum Gasteiger partial charge on any atom is 0.457 e. The minimum absolute atomic E-state index is 0.0945. The summed E-state index contributed by atoms with van der Waals surface area (Å²) in [7, 11) is -0.328. The molecule has 29 heavy (non-hydrogen) atoms. The first-order valence-corrected chi connectivity index (χ1v) is 10.3. The molecule has 0 bridgehead atoms. The molecule has 0 radical (unpaired) electrons. The standard InChI is InChI=1S/C20H35BN2O6/c1-13(24)23-20(16(22)26)12-15(8-10-19(20,7)27-14(2)25)9-11-21-28-17(3,4)18(5,6)29-21/h15H,8-12H2,1-7H3,(H2,22,26)(H,23,24). The normalized spacial score (nSPS) is 33.2. The van der Waals surface area contributed by atoms with Crippen molar-refractivity contribution in [1.29, 1.82) is 0 Å². The Morgan fingerprint density at radius 1 is 1.10 bits per heavy atom. The Kier molecular flexibility index (Phi) is 6.46. The zero-order valence-corrected chi connectivity index (χ0v) is 18.7. The Bertz CT molecular complexity index is 666. The van der Waals surface area contributed by atoms with Gasteiger partial charge in [-0.2, -0.15) is 0 Å². The van der Waals surface area contributed by atoms with Crippen molar-refractivity contribution in [2.24, 2.45) is 11.7 Å². The maximum atomic E-state index is 12.6. The van der Waals surface area contributed by atoms with E-state index in [2.05, 4.69) is 5.32 Å².